The largest absolute Gasteiger partial charge is 0.458 e. The van der Waals surface area contributed by atoms with Crippen molar-refractivity contribution >= 4 is 28.2 Å². The molecule has 0 aliphatic carbocycles. The van der Waals surface area contributed by atoms with Crippen LogP contribution in [0.3, 0.4) is 0 Å². The van der Waals surface area contributed by atoms with Gasteiger partial charge >= 0.3 is 5.97 Å². The lowest BCUT2D eigenvalue weighted by Crippen LogP contribution is -2.44. The summed E-state index contributed by atoms with van der Waals surface area (Å²) in [6.45, 7) is 1.68. The smallest absolute Gasteiger partial charge is 0.343 e. The van der Waals surface area contributed by atoms with E-state index in [9.17, 15) is 24.8 Å². The number of aromatic nitrogens is 2. The van der Waals surface area contributed by atoms with Crippen molar-refractivity contribution < 1.29 is 19.6 Å². The maximum atomic E-state index is 13.2. The highest BCUT2D eigenvalue weighted by atomic mass is 16.6. The topological polar surface area (TPSA) is 137 Å². The van der Waals surface area contributed by atoms with Crippen LogP contribution in [0.1, 0.15) is 30.0 Å². The molecule has 4 heterocycles. The van der Waals surface area contributed by atoms with E-state index in [0.29, 0.717) is 28.0 Å². The number of fused-ring (bicyclic) bond motifs is 5. The minimum absolute atomic E-state index is 0.0628. The zero-order chi connectivity index (χ0) is 22.1. The first-order valence-electron chi connectivity index (χ1n) is 9.75. The Morgan fingerprint density at radius 1 is 1.32 bits per heavy atom. The third-order valence-electron chi connectivity index (χ3n) is 6.08. The first-order valence-corrected chi connectivity index (χ1v) is 9.75. The maximum absolute atomic E-state index is 13.2. The molecule has 10 heteroatoms. The van der Waals surface area contributed by atoms with Gasteiger partial charge < -0.3 is 19.7 Å². The molecule has 0 saturated heterocycles. The number of esters is 1. The van der Waals surface area contributed by atoms with Crippen molar-refractivity contribution in [3.8, 4) is 11.4 Å². The second-order valence-corrected chi connectivity index (χ2v) is 7.67. The monoisotopic (exact) mass is 422 g/mol. The number of aliphatic hydroxyl groups is 1. The fraction of sp³-hybridized carbons (Fsp3) is 0.286. The molecule has 31 heavy (non-hydrogen) atoms. The summed E-state index contributed by atoms with van der Waals surface area (Å²) in [5, 5.41) is 25.7. The first-order chi connectivity index (χ1) is 14.8. The number of carbonyl (C=O) groups is 1. The highest BCUT2D eigenvalue weighted by Gasteiger charge is 2.45. The average molecular weight is 422 g/mol. The number of nitro groups is 1. The molecular weight excluding hydrogens is 404 g/mol. The van der Waals surface area contributed by atoms with Crippen LogP contribution in [0.15, 0.2) is 29.1 Å². The number of nitro benzene ring substituents is 1. The normalized spacial score (nSPS) is 18.9. The summed E-state index contributed by atoms with van der Waals surface area (Å²) in [4.78, 5) is 40.9. The average Bonchev–Trinajstić information content (AvgIpc) is 3.12. The molecule has 2 aliphatic heterocycles. The molecule has 158 valence electrons. The zero-order valence-corrected chi connectivity index (χ0v) is 16.8. The van der Waals surface area contributed by atoms with Crippen LogP contribution in [0.2, 0.25) is 0 Å². The van der Waals surface area contributed by atoms with Crippen LogP contribution in [-0.4, -0.2) is 32.6 Å². The van der Waals surface area contributed by atoms with Crippen molar-refractivity contribution in [1.29, 1.82) is 0 Å². The van der Waals surface area contributed by atoms with Crippen molar-refractivity contribution in [2.45, 2.75) is 32.1 Å². The van der Waals surface area contributed by atoms with Gasteiger partial charge in [0.05, 0.1) is 39.6 Å². The van der Waals surface area contributed by atoms with Crippen LogP contribution in [-0.2, 0) is 28.3 Å². The van der Waals surface area contributed by atoms with Crippen molar-refractivity contribution in [1.82, 2.24) is 9.55 Å². The van der Waals surface area contributed by atoms with E-state index in [-0.39, 0.29) is 41.9 Å². The quantitative estimate of drug-likeness (QED) is 0.291. The van der Waals surface area contributed by atoms with E-state index in [2.05, 4.69) is 5.32 Å². The molecule has 2 aliphatic rings. The molecule has 0 radical (unpaired) electrons. The van der Waals surface area contributed by atoms with Gasteiger partial charge in [0, 0.05) is 35.7 Å². The van der Waals surface area contributed by atoms with Gasteiger partial charge in [0.1, 0.15) is 6.61 Å². The Bertz CT molecular complexity index is 1380. The molecule has 1 aromatic carbocycles. The molecule has 0 unspecified atom stereocenters. The maximum Gasteiger partial charge on any atom is 0.343 e. The van der Waals surface area contributed by atoms with Crippen LogP contribution >= 0.6 is 0 Å². The number of anilines is 1. The molecule has 0 fully saturated rings. The Morgan fingerprint density at radius 3 is 2.77 bits per heavy atom. The van der Waals surface area contributed by atoms with Gasteiger partial charge in [-0.15, -0.1) is 0 Å². The fourth-order valence-electron chi connectivity index (χ4n) is 4.38. The number of nitrogens with zero attached hydrogens (tertiary/aromatic N) is 3. The Kier molecular flexibility index (Phi) is 3.93. The highest BCUT2D eigenvalue weighted by molar-refractivity contribution is 5.95. The predicted molar refractivity (Wildman–Crippen MR) is 111 cm³/mol. The first kappa shape index (κ1) is 19.2. The Balaban J connectivity index is 1.79. The highest BCUT2D eigenvalue weighted by Crippen LogP contribution is 2.39. The van der Waals surface area contributed by atoms with Gasteiger partial charge in [-0.2, -0.15) is 0 Å². The Hall–Kier alpha value is -3.79. The van der Waals surface area contributed by atoms with Gasteiger partial charge in [-0.25, -0.2) is 9.78 Å². The van der Waals surface area contributed by atoms with E-state index < -0.39 is 16.5 Å². The molecule has 0 amide bonds. The van der Waals surface area contributed by atoms with Gasteiger partial charge in [0.25, 0.3) is 11.2 Å². The molecule has 10 nitrogen and oxygen atoms in total. The van der Waals surface area contributed by atoms with E-state index in [1.165, 1.54) is 16.7 Å². The van der Waals surface area contributed by atoms with E-state index >= 15 is 0 Å². The molecule has 0 saturated carbocycles. The second kappa shape index (κ2) is 6.35. The zero-order valence-electron chi connectivity index (χ0n) is 16.8. The number of pyridine rings is 2. The molecule has 0 bridgehead atoms. The van der Waals surface area contributed by atoms with Gasteiger partial charge in [0.2, 0.25) is 0 Å². The summed E-state index contributed by atoms with van der Waals surface area (Å²) in [7, 11) is 1.65. The third kappa shape index (κ3) is 2.51. The summed E-state index contributed by atoms with van der Waals surface area (Å²) in [6, 6.07) is 6.27. The number of rotatable bonds is 3. The van der Waals surface area contributed by atoms with Crippen LogP contribution in [0.4, 0.5) is 11.4 Å². The summed E-state index contributed by atoms with van der Waals surface area (Å²) < 4.78 is 6.59. The van der Waals surface area contributed by atoms with Crippen molar-refractivity contribution in [3.63, 3.8) is 0 Å². The Labute approximate surface area is 175 Å². The third-order valence-corrected chi connectivity index (χ3v) is 6.08. The SMILES string of the molecule is CC[C@@]1(O)C(=O)OCc2c1cc1n(c2=O)Cc2cc3cc([N+](=O)[O-])cc(NC)c3nc2-1. The number of cyclic esters (lactones) is 1. The van der Waals surface area contributed by atoms with Gasteiger partial charge in [-0.1, -0.05) is 6.92 Å². The standard InChI is InChI=1S/C21H18N4O6/c1-3-21(28)14-7-16-18-11(8-24(16)19(26)13(14)9-31-20(21)27)4-10-5-12(25(29)30)6-15(22-2)17(10)23-18/h4-7,22,28H,3,8-9H2,1-2H3/t21-/m0/s1. The van der Waals surface area contributed by atoms with Gasteiger partial charge in [0.15, 0.2) is 5.60 Å². The fourth-order valence-corrected chi connectivity index (χ4v) is 4.38. The molecule has 3 aromatic rings. The van der Waals surface area contributed by atoms with Gasteiger partial charge in [-0.05, 0) is 18.6 Å². The van der Waals surface area contributed by atoms with Crippen molar-refractivity contribution in [3.05, 3.63) is 61.4 Å². The summed E-state index contributed by atoms with van der Waals surface area (Å²) in [5.74, 6) is -0.777. The summed E-state index contributed by atoms with van der Waals surface area (Å²) >= 11 is 0. The Morgan fingerprint density at radius 2 is 2.10 bits per heavy atom. The van der Waals surface area contributed by atoms with Crippen LogP contribution < -0.4 is 10.9 Å². The summed E-state index contributed by atoms with van der Waals surface area (Å²) in [6.07, 6.45) is 0.0628. The van der Waals surface area contributed by atoms with Crippen molar-refractivity contribution in [2.75, 3.05) is 12.4 Å². The van der Waals surface area contributed by atoms with Crippen LogP contribution in [0, 0.1) is 10.1 Å². The molecule has 0 spiro atoms. The molecular formula is C21H18N4O6. The lowest BCUT2D eigenvalue weighted by Gasteiger charge is -2.31. The second-order valence-electron chi connectivity index (χ2n) is 7.67. The van der Waals surface area contributed by atoms with E-state index in [1.54, 1.807) is 26.1 Å². The minimum atomic E-state index is -1.89. The molecule has 2 N–H and O–H groups in total. The van der Waals surface area contributed by atoms with Crippen LogP contribution in [0.5, 0.6) is 0 Å². The summed E-state index contributed by atoms with van der Waals surface area (Å²) in [5.41, 5.74) is 0.943. The number of hydrogen-bond acceptors (Lipinski definition) is 8. The number of non-ortho nitro benzene ring substituents is 1. The lowest BCUT2D eigenvalue weighted by molar-refractivity contribution is -0.384. The van der Waals surface area contributed by atoms with E-state index in [0.717, 1.165) is 5.56 Å². The van der Waals surface area contributed by atoms with E-state index in [4.69, 9.17) is 9.72 Å². The van der Waals surface area contributed by atoms with E-state index in [1.807, 2.05) is 0 Å². The predicted octanol–water partition coefficient (Wildman–Crippen LogP) is 2.03. The van der Waals surface area contributed by atoms with Gasteiger partial charge in [-0.3, -0.25) is 14.9 Å². The molecule has 5 rings (SSSR count). The number of hydrogen-bond donors (Lipinski definition) is 2. The molecule has 2 aromatic heterocycles. The van der Waals surface area contributed by atoms with Crippen molar-refractivity contribution in [2.24, 2.45) is 0 Å². The van der Waals surface area contributed by atoms with Crippen LogP contribution in [0.25, 0.3) is 22.3 Å². The number of nitrogens with one attached hydrogen (secondary N) is 1. The minimum Gasteiger partial charge on any atom is -0.458 e. The molecule has 1 atom stereocenters. The lowest BCUT2D eigenvalue weighted by atomic mass is 9.86. The number of carbonyl (C=O) groups excluding carboxylic acids is 1. The number of benzene rings is 1. The number of ether oxygens (including phenoxy) is 1.